The maximum absolute atomic E-state index is 13.2. The molecule has 3 N–H and O–H groups in total. The quantitative estimate of drug-likeness (QED) is 0.560. The Morgan fingerprint density at radius 1 is 1.37 bits per heavy atom. The molecule has 0 bridgehead atoms. The van der Waals surface area contributed by atoms with E-state index < -0.39 is 17.5 Å². The van der Waals surface area contributed by atoms with Gasteiger partial charge in [0.2, 0.25) is 0 Å². The second kappa shape index (κ2) is 7.58. The number of anilines is 1. The maximum Gasteiger partial charge on any atom is 0.341 e. The molecule has 1 aromatic rings. The summed E-state index contributed by atoms with van der Waals surface area (Å²) >= 11 is 0. The fourth-order valence-electron chi connectivity index (χ4n) is 1.47. The highest BCUT2D eigenvalue weighted by atomic mass is 19.1. The number of rotatable bonds is 8. The molecule has 0 radical (unpaired) electrons. The first kappa shape index (κ1) is 15.2. The molecule has 19 heavy (non-hydrogen) atoms. The maximum atomic E-state index is 13.2. The molecule has 1 rings (SSSR count). The van der Waals surface area contributed by atoms with Crippen molar-refractivity contribution in [2.24, 2.45) is 0 Å². The van der Waals surface area contributed by atoms with Crippen molar-refractivity contribution in [1.29, 1.82) is 0 Å². The summed E-state index contributed by atoms with van der Waals surface area (Å²) in [6.07, 6.45) is 2.00. The van der Waals surface area contributed by atoms with E-state index in [1.807, 2.05) is 0 Å². The molecule has 0 heterocycles. The Hall–Kier alpha value is -1.82. The van der Waals surface area contributed by atoms with Crippen molar-refractivity contribution in [2.75, 3.05) is 25.6 Å². The summed E-state index contributed by atoms with van der Waals surface area (Å²) in [7, 11) is 0. The number of hydrogen-bond donors (Lipinski definition) is 2. The van der Waals surface area contributed by atoms with E-state index in [9.17, 15) is 9.18 Å². The molecule has 0 aromatic heterocycles. The Balaban J connectivity index is 2.58. The molecule has 6 heteroatoms. The number of nitrogen functional groups attached to an aromatic ring is 1. The van der Waals surface area contributed by atoms with Gasteiger partial charge < -0.3 is 20.3 Å². The predicted octanol–water partition coefficient (Wildman–Crippen LogP) is 2.30. The van der Waals surface area contributed by atoms with Gasteiger partial charge in [0.05, 0.1) is 12.3 Å². The summed E-state index contributed by atoms with van der Waals surface area (Å²) < 4.78 is 23.7. The lowest BCUT2D eigenvalue weighted by molar-refractivity contribution is 0.0685. The Labute approximate surface area is 111 Å². The van der Waals surface area contributed by atoms with Gasteiger partial charge in [-0.05, 0) is 18.6 Å². The molecule has 0 saturated carbocycles. The van der Waals surface area contributed by atoms with Gasteiger partial charge in [0.25, 0.3) is 0 Å². The summed E-state index contributed by atoms with van der Waals surface area (Å²) in [5.74, 6) is -2.05. The Kier molecular flexibility index (Phi) is 6.08. The van der Waals surface area contributed by atoms with E-state index in [1.165, 1.54) is 6.07 Å². The van der Waals surface area contributed by atoms with Crippen LogP contribution in [0.3, 0.4) is 0 Å². The minimum absolute atomic E-state index is 0.0468. The number of carboxylic acid groups (broad SMARTS) is 1. The number of carboxylic acids is 1. The van der Waals surface area contributed by atoms with E-state index >= 15 is 0 Å². The van der Waals surface area contributed by atoms with Crippen LogP contribution in [0.25, 0.3) is 0 Å². The summed E-state index contributed by atoms with van der Waals surface area (Å²) in [5.41, 5.74) is 4.61. The van der Waals surface area contributed by atoms with Crippen LogP contribution >= 0.6 is 0 Å². The molecular formula is C13H18FNO4. The summed E-state index contributed by atoms with van der Waals surface area (Å²) in [6.45, 7) is 3.23. The smallest absolute Gasteiger partial charge is 0.341 e. The van der Waals surface area contributed by atoms with E-state index in [0.717, 1.165) is 18.9 Å². The molecule has 0 unspecified atom stereocenters. The first-order valence-electron chi connectivity index (χ1n) is 6.09. The van der Waals surface area contributed by atoms with Crippen molar-refractivity contribution in [3.8, 4) is 5.75 Å². The van der Waals surface area contributed by atoms with Gasteiger partial charge in [-0.15, -0.1) is 0 Å². The van der Waals surface area contributed by atoms with Crippen molar-refractivity contribution in [3.05, 3.63) is 23.5 Å². The van der Waals surface area contributed by atoms with Crippen LogP contribution in [0, 0.1) is 5.82 Å². The molecule has 0 spiro atoms. The number of aromatic carboxylic acids is 1. The summed E-state index contributed by atoms with van der Waals surface area (Å²) in [4.78, 5) is 11.0. The van der Waals surface area contributed by atoms with Gasteiger partial charge in [0.1, 0.15) is 23.7 Å². The van der Waals surface area contributed by atoms with Crippen molar-refractivity contribution in [1.82, 2.24) is 0 Å². The minimum atomic E-state index is -1.32. The first-order chi connectivity index (χ1) is 9.07. The van der Waals surface area contributed by atoms with Crippen molar-refractivity contribution in [2.45, 2.75) is 19.8 Å². The van der Waals surface area contributed by atoms with Crippen LogP contribution in [-0.2, 0) is 4.74 Å². The van der Waals surface area contributed by atoms with Gasteiger partial charge >= 0.3 is 5.97 Å². The molecule has 0 amide bonds. The van der Waals surface area contributed by atoms with Crippen molar-refractivity contribution < 1.29 is 23.8 Å². The second-order valence-electron chi connectivity index (χ2n) is 3.95. The van der Waals surface area contributed by atoms with Gasteiger partial charge in [-0.1, -0.05) is 13.3 Å². The topological polar surface area (TPSA) is 81.8 Å². The van der Waals surface area contributed by atoms with Crippen molar-refractivity contribution >= 4 is 11.7 Å². The Bertz CT molecular complexity index is 437. The number of hydrogen-bond acceptors (Lipinski definition) is 4. The third-order valence-corrected chi connectivity index (χ3v) is 2.50. The molecule has 0 aliphatic rings. The third kappa shape index (κ3) is 4.40. The molecule has 0 atom stereocenters. The third-order valence-electron chi connectivity index (χ3n) is 2.50. The zero-order chi connectivity index (χ0) is 14.3. The fourth-order valence-corrected chi connectivity index (χ4v) is 1.47. The fraction of sp³-hybridized carbons (Fsp3) is 0.462. The molecule has 0 aliphatic heterocycles. The number of carbonyl (C=O) groups is 1. The largest absolute Gasteiger partial charge is 0.490 e. The van der Waals surface area contributed by atoms with Crippen LogP contribution in [0.1, 0.15) is 30.1 Å². The van der Waals surface area contributed by atoms with Gasteiger partial charge in [-0.2, -0.15) is 0 Å². The predicted molar refractivity (Wildman–Crippen MR) is 69.0 cm³/mol. The molecule has 0 saturated heterocycles. The molecule has 0 fully saturated rings. The van der Waals surface area contributed by atoms with E-state index in [-0.39, 0.29) is 17.9 Å². The normalized spacial score (nSPS) is 10.4. The SMILES string of the molecule is CCCCOCCOc1ccc(F)c(N)c1C(=O)O. The van der Waals surface area contributed by atoms with E-state index in [2.05, 4.69) is 6.92 Å². The zero-order valence-electron chi connectivity index (χ0n) is 10.8. The molecule has 0 aliphatic carbocycles. The lowest BCUT2D eigenvalue weighted by atomic mass is 10.1. The zero-order valence-corrected chi connectivity index (χ0v) is 10.8. The van der Waals surface area contributed by atoms with Gasteiger partial charge in [-0.25, -0.2) is 9.18 Å². The average Bonchev–Trinajstić information content (AvgIpc) is 2.37. The van der Waals surface area contributed by atoms with Gasteiger partial charge in [-0.3, -0.25) is 0 Å². The van der Waals surface area contributed by atoms with Crippen molar-refractivity contribution in [3.63, 3.8) is 0 Å². The van der Waals surface area contributed by atoms with E-state index in [0.29, 0.717) is 13.2 Å². The Morgan fingerprint density at radius 2 is 2.11 bits per heavy atom. The van der Waals surface area contributed by atoms with Crippen LogP contribution < -0.4 is 10.5 Å². The average molecular weight is 271 g/mol. The van der Waals surface area contributed by atoms with Gasteiger partial charge in [0.15, 0.2) is 0 Å². The monoisotopic (exact) mass is 271 g/mol. The van der Waals surface area contributed by atoms with Gasteiger partial charge in [0, 0.05) is 6.61 Å². The lowest BCUT2D eigenvalue weighted by Gasteiger charge is -2.11. The molecular weight excluding hydrogens is 253 g/mol. The standard InChI is InChI=1S/C13H18FNO4/c1-2-3-6-18-7-8-19-10-5-4-9(14)12(15)11(10)13(16)17/h4-5H,2-3,6-8,15H2,1H3,(H,16,17). The number of halogens is 1. The number of unbranched alkanes of at least 4 members (excludes halogenated alkanes) is 1. The molecule has 1 aromatic carbocycles. The highest BCUT2D eigenvalue weighted by Crippen LogP contribution is 2.27. The second-order valence-corrected chi connectivity index (χ2v) is 3.95. The lowest BCUT2D eigenvalue weighted by Crippen LogP contribution is -2.12. The van der Waals surface area contributed by atoms with E-state index in [1.54, 1.807) is 0 Å². The summed E-state index contributed by atoms with van der Waals surface area (Å²) in [6, 6.07) is 2.33. The van der Waals surface area contributed by atoms with Crippen LogP contribution in [0.5, 0.6) is 5.75 Å². The van der Waals surface area contributed by atoms with Crippen LogP contribution in [0.4, 0.5) is 10.1 Å². The highest BCUT2D eigenvalue weighted by molar-refractivity contribution is 5.96. The molecule has 5 nitrogen and oxygen atoms in total. The van der Waals surface area contributed by atoms with Crippen LogP contribution in [0.15, 0.2) is 12.1 Å². The Morgan fingerprint density at radius 3 is 2.74 bits per heavy atom. The van der Waals surface area contributed by atoms with E-state index in [4.69, 9.17) is 20.3 Å². The number of benzene rings is 1. The minimum Gasteiger partial charge on any atom is -0.490 e. The first-order valence-corrected chi connectivity index (χ1v) is 6.09. The highest BCUT2D eigenvalue weighted by Gasteiger charge is 2.18. The number of nitrogens with two attached hydrogens (primary N) is 1. The number of ether oxygens (including phenoxy) is 2. The summed E-state index contributed by atoms with van der Waals surface area (Å²) in [5, 5.41) is 8.99. The van der Waals surface area contributed by atoms with Crippen LogP contribution in [-0.4, -0.2) is 30.9 Å². The molecule has 106 valence electrons. The van der Waals surface area contributed by atoms with Crippen LogP contribution in [0.2, 0.25) is 0 Å².